The molecule has 2 aromatic rings. The normalized spacial score (nSPS) is 13.5. The highest BCUT2D eigenvalue weighted by Gasteiger charge is 2.27. The molecule has 0 aliphatic carbocycles. The second kappa shape index (κ2) is 7.58. The highest BCUT2D eigenvalue weighted by atomic mass is 32.1. The summed E-state index contributed by atoms with van der Waals surface area (Å²) in [5.74, 6) is -1.04. The lowest BCUT2D eigenvalue weighted by Gasteiger charge is -2.23. The molecule has 0 atom stereocenters. The molecule has 0 radical (unpaired) electrons. The summed E-state index contributed by atoms with van der Waals surface area (Å²) in [5.41, 5.74) is 1.00. The molecule has 0 aromatic heterocycles. The van der Waals surface area contributed by atoms with Crippen molar-refractivity contribution in [2.75, 3.05) is 25.1 Å². The molecule has 138 valence electrons. The Balaban J connectivity index is 2.22. The van der Waals surface area contributed by atoms with Crippen molar-refractivity contribution in [1.29, 1.82) is 0 Å². The van der Waals surface area contributed by atoms with Crippen LogP contribution in [0.2, 0.25) is 0 Å². The van der Waals surface area contributed by atoms with E-state index in [9.17, 15) is 19.3 Å². The first-order chi connectivity index (χ1) is 12.9. The van der Waals surface area contributed by atoms with Crippen LogP contribution in [0.4, 0.5) is 15.8 Å². The van der Waals surface area contributed by atoms with Gasteiger partial charge in [-0.2, -0.15) is 0 Å². The lowest BCUT2D eigenvalue weighted by molar-refractivity contribution is -0.384. The molecule has 3 rings (SSSR count). The number of aliphatic imine (C=N–C) groups is 1. The van der Waals surface area contributed by atoms with Gasteiger partial charge in [0.25, 0.3) is 5.69 Å². The van der Waals surface area contributed by atoms with Gasteiger partial charge >= 0.3 is 5.97 Å². The van der Waals surface area contributed by atoms with Gasteiger partial charge in [0.2, 0.25) is 0 Å². The van der Waals surface area contributed by atoms with Crippen molar-refractivity contribution in [3.8, 4) is 0 Å². The molecule has 7 nitrogen and oxygen atoms in total. The third-order valence-electron chi connectivity index (χ3n) is 4.05. The molecular formula is C18H14FN3O4S. The average molecular weight is 387 g/mol. The Morgan fingerprint density at radius 2 is 2.07 bits per heavy atom. The van der Waals surface area contributed by atoms with Crippen molar-refractivity contribution in [3.63, 3.8) is 0 Å². The number of benzodiazepines with no additional fused rings is 1. The predicted octanol–water partition coefficient (Wildman–Crippen LogP) is 2.89. The molecule has 1 aliphatic heterocycles. The zero-order valence-corrected chi connectivity index (χ0v) is 15.0. The fourth-order valence-electron chi connectivity index (χ4n) is 2.76. The van der Waals surface area contributed by atoms with Crippen molar-refractivity contribution >= 4 is 40.3 Å². The van der Waals surface area contributed by atoms with Gasteiger partial charge < -0.3 is 9.64 Å². The molecule has 0 saturated carbocycles. The van der Waals surface area contributed by atoms with Gasteiger partial charge in [-0.3, -0.25) is 19.9 Å². The van der Waals surface area contributed by atoms with Crippen LogP contribution in [0.25, 0.3) is 0 Å². The monoisotopic (exact) mass is 387 g/mol. The van der Waals surface area contributed by atoms with E-state index in [4.69, 9.17) is 17.0 Å². The molecule has 0 fully saturated rings. The number of nitrogens with zero attached hydrogens (tertiary/aromatic N) is 3. The van der Waals surface area contributed by atoms with Crippen LogP contribution in [0.1, 0.15) is 11.1 Å². The molecule has 0 bridgehead atoms. The van der Waals surface area contributed by atoms with Crippen molar-refractivity contribution in [3.05, 3.63) is 69.5 Å². The first-order valence-corrected chi connectivity index (χ1v) is 8.28. The van der Waals surface area contributed by atoms with Crippen LogP contribution in [0.5, 0.6) is 0 Å². The third-order valence-corrected chi connectivity index (χ3v) is 4.40. The summed E-state index contributed by atoms with van der Waals surface area (Å²) in [6.45, 7) is -0.154. The van der Waals surface area contributed by atoms with Gasteiger partial charge in [-0.15, -0.1) is 0 Å². The number of thiocarbonyl (C=S) groups is 1. The molecule has 1 aliphatic rings. The number of nitro benzene ring substituents is 1. The van der Waals surface area contributed by atoms with Gasteiger partial charge in [0.1, 0.15) is 17.4 Å². The Morgan fingerprint density at radius 3 is 2.74 bits per heavy atom. The highest BCUT2D eigenvalue weighted by Crippen LogP contribution is 2.31. The number of rotatable bonds is 4. The van der Waals surface area contributed by atoms with Crippen LogP contribution < -0.4 is 4.90 Å². The number of hydrogen-bond donors (Lipinski definition) is 0. The van der Waals surface area contributed by atoms with E-state index < -0.39 is 16.7 Å². The summed E-state index contributed by atoms with van der Waals surface area (Å²) < 4.78 is 19.1. The number of carbonyl (C=O) groups is 1. The van der Waals surface area contributed by atoms with Gasteiger partial charge in [0.05, 0.1) is 30.0 Å². The number of anilines is 1. The fraction of sp³-hybridized carbons (Fsp3) is 0.167. The number of hydrogen-bond acceptors (Lipinski definition) is 6. The number of nitro groups is 1. The lowest BCUT2D eigenvalue weighted by Crippen LogP contribution is -2.36. The van der Waals surface area contributed by atoms with Crippen LogP contribution in [-0.4, -0.2) is 41.8 Å². The number of non-ortho nitro benzene ring substituents is 1. The van der Waals surface area contributed by atoms with Crippen molar-refractivity contribution in [2.24, 2.45) is 4.99 Å². The summed E-state index contributed by atoms with van der Waals surface area (Å²) in [5, 5.41) is 11.2. The highest BCUT2D eigenvalue weighted by molar-refractivity contribution is 7.80. The van der Waals surface area contributed by atoms with Crippen LogP contribution in [-0.2, 0) is 9.53 Å². The number of benzene rings is 2. The number of halogens is 1. The Morgan fingerprint density at radius 1 is 1.33 bits per heavy atom. The third kappa shape index (κ3) is 3.68. The van der Waals surface area contributed by atoms with E-state index in [2.05, 4.69) is 4.99 Å². The standard InChI is InChI=1S/C18H14FN3O4S/c1-26-17(23)10-21-15-7-6-11(22(24)25)8-13(15)18(20-9-16(21)27)12-4-2-3-5-14(12)19/h2-8H,9-10H2,1H3. The Kier molecular flexibility index (Phi) is 5.22. The van der Waals surface area contributed by atoms with Gasteiger partial charge in [0, 0.05) is 23.3 Å². The first-order valence-electron chi connectivity index (χ1n) is 7.87. The Bertz CT molecular complexity index is 977. The SMILES string of the molecule is COC(=O)CN1C(=S)CN=C(c2ccccc2F)c2cc([N+](=O)[O-])ccc21. The van der Waals surface area contributed by atoms with Crippen LogP contribution in [0.15, 0.2) is 47.5 Å². The summed E-state index contributed by atoms with van der Waals surface area (Å²) in [4.78, 5) is 28.7. The van der Waals surface area contributed by atoms with Gasteiger partial charge in [-0.1, -0.05) is 24.4 Å². The number of ether oxygens (including phenoxy) is 1. The van der Waals surface area contributed by atoms with E-state index in [0.29, 0.717) is 16.2 Å². The van der Waals surface area contributed by atoms with E-state index in [1.807, 2.05) is 0 Å². The first kappa shape index (κ1) is 18.6. The molecule has 0 unspecified atom stereocenters. The van der Waals surface area contributed by atoms with Crippen LogP contribution in [0.3, 0.4) is 0 Å². The van der Waals surface area contributed by atoms with E-state index >= 15 is 0 Å². The summed E-state index contributed by atoms with van der Waals surface area (Å²) in [7, 11) is 1.25. The second-order valence-corrected chi connectivity index (χ2v) is 6.13. The van der Waals surface area contributed by atoms with Crippen molar-refractivity contribution in [1.82, 2.24) is 0 Å². The van der Waals surface area contributed by atoms with E-state index in [1.54, 1.807) is 12.1 Å². The quantitative estimate of drug-likeness (QED) is 0.347. The molecule has 27 heavy (non-hydrogen) atoms. The van der Waals surface area contributed by atoms with E-state index in [0.717, 1.165) is 0 Å². The number of esters is 1. The number of methoxy groups -OCH3 is 1. The van der Waals surface area contributed by atoms with Gasteiger partial charge in [-0.25, -0.2) is 4.39 Å². The predicted molar refractivity (Wildman–Crippen MR) is 102 cm³/mol. The number of carbonyl (C=O) groups excluding carboxylic acids is 1. The molecule has 9 heteroatoms. The second-order valence-electron chi connectivity index (χ2n) is 5.66. The minimum atomic E-state index is -0.549. The van der Waals surface area contributed by atoms with Gasteiger partial charge in [0.15, 0.2) is 0 Å². The summed E-state index contributed by atoms with van der Waals surface area (Å²) in [6, 6.07) is 10.1. The molecule has 0 saturated heterocycles. The fourth-order valence-corrected chi connectivity index (χ4v) is 2.99. The smallest absolute Gasteiger partial charge is 0.325 e. The molecule has 0 amide bonds. The molecule has 1 heterocycles. The van der Waals surface area contributed by atoms with Crippen molar-refractivity contribution in [2.45, 2.75) is 0 Å². The minimum absolute atomic E-state index is 0.0263. The van der Waals surface area contributed by atoms with Crippen LogP contribution in [0, 0.1) is 15.9 Å². The van der Waals surface area contributed by atoms with Gasteiger partial charge in [-0.05, 0) is 18.2 Å². The minimum Gasteiger partial charge on any atom is -0.468 e. The zero-order chi connectivity index (χ0) is 19.6. The molecular weight excluding hydrogens is 373 g/mol. The topological polar surface area (TPSA) is 85.0 Å². The summed E-state index contributed by atoms with van der Waals surface area (Å²) in [6.07, 6.45) is 0. The number of fused-ring (bicyclic) bond motifs is 1. The van der Waals surface area contributed by atoms with E-state index in [1.165, 1.54) is 42.3 Å². The average Bonchev–Trinajstić information content (AvgIpc) is 2.79. The zero-order valence-electron chi connectivity index (χ0n) is 14.2. The molecule has 2 aromatic carbocycles. The van der Waals surface area contributed by atoms with E-state index in [-0.39, 0.29) is 30.1 Å². The maximum Gasteiger partial charge on any atom is 0.325 e. The van der Waals surface area contributed by atoms with Crippen LogP contribution >= 0.6 is 12.2 Å². The van der Waals surface area contributed by atoms with Crippen molar-refractivity contribution < 1.29 is 18.8 Å². The summed E-state index contributed by atoms with van der Waals surface area (Å²) >= 11 is 5.36. The largest absolute Gasteiger partial charge is 0.468 e. The lowest BCUT2D eigenvalue weighted by atomic mass is 9.99. The maximum atomic E-state index is 14.4. The maximum absolute atomic E-state index is 14.4. The Hall–Kier alpha value is -3.20. The molecule has 0 spiro atoms. The molecule has 0 N–H and O–H groups in total. The Labute approximate surface area is 159 Å².